The second-order valence-electron chi connectivity index (χ2n) is 6.96. The van der Waals surface area contributed by atoms with Crippen LogP contribution in [0.15, 0.2) is 34.2 Å². The van der Waals surface area contributed by atoms with Crippen LogP contribution in [0.4, 0.5) is 5.69 Å². The zero-order chi connectivity index (χ0) is 16.6. The molecule has 0 fully saturated rings. The number of benzene rings is 1. The van der Waals surface area contributed by atoms with Gasteiger partial charge in [-0.1, -0.05) is 44.7 Å². The van der Waals surface area contributed by atoms with Crippen LogP contribution in [0.5, 0.6) is 0 Å². The molecule has 0 spiro atoms. The summed E-state index contributed by atoms with van der Waals surface area (Å²) in [6.07, 6.45) is 1.10. The van der Waals surface area contributed by atoms with Gasteiger partial charge in [-0.3, -0.25) is 9.79 Å². The number of hydrogen-bond donors (Lipinski definition) is 1. The molecule has 0 radical (unpaired) electrons. The highest BCUT2D eigenvalue weighted by atomic mass is 32.2. The van der Waals surface area contributed by atoms with Crippen molar-refractivity contribution in [3.05, 3.63) is 34.7 Å². The highest BCUT2D eigenvalue weighted by Crippen LogP contribution is 2.41. The van der Waals surface area contributed by atoms with Gasteiger partial charge in [-0.25, -0.2) is 0 Å². The lowest BCUT2D eigenvalue weighted by molar-refractivity contribution is -0.123. The normalized spacial score (nSPS) is 17.9. The number of nitrogens with one attached hydrogen (secondary N) is 1. The van der Waals surface area contributed by atoms with Gasteiger partial charge in [-0.15, -0.1) is 0 Å². The molecule has 0 aliphatic carbocycles. The van der Waals surface area contributed by atoms with E-state index in [1.807, 2.05) is 32.9 Å². The van der Waals surface area contributed by atoms with Crippen LogP contribution in [0.25, 0.3) is 5.70 Å². The molecule has 1 N–H and O–H groups in total. The van der Waals surface area contributed by atoms with Gasteiger partial charge in [0.25, 0.3) is 0 Å². The highest BCUT2D eigenvalue weighted by Gasteiger charge is 2.29. The molecule has 122 valence electrons. The third kappa shape index (κ3) is 3.29. The molecule has 2 aliphatic heterocycles. The lowest BCUT2D eigenvalue weighted by Gasteiger charge is -2.25. The molecule has 4 nitrogen and oxygen atoms in total. The summed E-state index contributed by atoms with van der Waals surface area (Å²) in [7, 11) is 0. The number of amides is 1. The van der Waals surface area contributed by atoms with Crippen LogP contribution < -0.4 is 5.32 Å². The fraction of sp³-hybridized carbons (Fsp3) is 0.444. The number of carbonyl (C=O) groups excluding carboxylic acids is 1. The third-order valence-corrected chi connectivity index (χ3v) is 4.99. The molecule has 5 heteroatoms. The van der Waals surface area contributed by atoms with Crippen LogP contribution >= 0.6 is 11.8 Å². The summed E-state index contributed by atoms with van der Waals surface area (Å²) in [6, 6.07) is 8.11. The van der Waals surface area contributed by atoms with E-state index in [9.17, 15) is 4.79 Å². The summed E-state index contributed by atoms with van der Waals surface area (Å²) < 4.78 is 0. The third-order valence-electron chi connectivity index (χ3n) is 3.96. The Kier molecular flexibility index (Phi) is 4.23. The Morgan fingerprint density at radius 3 is 2.61 bits per heavy atom. The molecule has 3 rings (SSSR count). The van der Waals surface area contributed by atoms with Crippen LogP contribution in [0, 0.1) is 5.41 Å². The maximum atomic E-state index is 12.1. The molecule has 1 aromatic rings. The second kappa shape index (κ2) is 6.04. The molecular weight excluding hydrogens is 306 g/mol. The van der Waals surface area contributed by atoms with Crippen LogP contribution in [-0.4, -0.2) is 29.1 Å². The first-order valence-corrected chi connectivity index (χ1v) is 8.80. The van der Waals surface area contributed by atoms with Gasteiger partial charge in [0.05, 0.1) is 5.70 Å². The number of hydrogen-bond acceptors (Lipinski definition) is 4. The van der Waals surface area contributed by atoms with Gasteiger partial charge in [-0.05, 0) is 31.0 Å². The lowest BCUT2D eigenvalue weighted by atomic mass is 9.95. The Hall–Kier alpha value is -1.75. The monoisotopic (exact) mass is 329 g/mol. The summed E-state index contributed by atoms with van der Waals surface area (Å²) in [6.45, 7) is 9.85. The number of allylic oxidation sites excluding steroid dienone is 1. The van der Waals surface area contributed by atoms with E-state index in [1.165, 1.54) is 16.2 Å². The van der Waals surface area contributed by atoms with E-state index in [4.69, 9.17) is 0 Å². The summed E-state index contributed by atoms with van der Waals surface area (Å²) in [5.74, 6) is 0.0301. The number of anilines is 1. The van der Waals surface area contributed by atoms with Crippen molar-refractivity contribution in [1.29, 1.82) is 0 Å². The van der Waals surface area contributed by atoms with Crippen molar-refractivity contribution < 1.29 is 4.79 Å². The fourth-order valence-electron chi connectivity index (χ4n) is 2.64. The minimum Gasteiger partial charge on any atom is -0.326 e. The van der Waals surface area contributed by atoms with E-state index in [0.717, 1.165) is 30.4 Å². The van der Waals surface area contributed by atoms with Gasteiger partial charge >= 0.3 is 0 Å². The van der Waals surface area contributed by atoms with Crippen LogP contribution in [0.2, 0.25) is 0 Å². The quantitative estimate of drug-likeness (QED) is 0.886. The van der Waals surface area contributed by atoms with E-state index < -0.39 is 0 Å². The highest BCUT2D eigenvalue weighted by molar-refractivity contribution is 8.17. The first kappa shape index (κ1) is 16.1. The zero-order valence-corrected chi connectivity index (χ0v) is 15.0. The molecule has 2 heterocycles. The van der Waals surface area contributed by atoms with Gasteiger partial charge in [0.2, 0.25) is 5.91 Å². The number of nitrogens with zero attached hydrogens (tertiary/aromatic N) is 2. The first-order valence-electron chi connectivity index (χ1n) is 7.99. The SMILES string of the molecule is CC1=C(c2ccc(NC(=O)C(C)(C)C)cc2)N2CCCN=C2S1. The van der Waals surface area contributed by atoms with Crippen molar-refractivity contribution in [1.82, 2.24) is 4.90 Å². The average molecular weight is 329 g/mol. The molecule has 0 bridgehead atoms. The molecule has 0 saturated heterocycles. The fourth-order valence-corrected chi connectivity index (χ4v) is 3.69. The summed E-state index contributed by atoms with van der Waals surface area (Å²) in [5.41, 5.74) is 2.88. The molecule has 0 saturated carbocycles. The molecule has 0 unspecified atom stereocenters. The van der Waals surface area contributed by atoms with Gasteiger partial charge in [0, 0.05) is 29.1 Å². The zero-order valence-electron chi connectivity index (χ0n) is 14.1. The smallest absolute Gasteiger partial charge is 0.229 e. The van der Waals surface area contributed by atoms with E-state index in [2.05, 4.69) is 34.3 Å². The summed E-state index contributed by atoms with van der Waals surface area (Å²) >= 11 is 1.76. The molecule has 2 aliphatic rings. The predicted octanol–water partition coefficient (Wildman–Crippen LogP) is 4.17. The number of thioether (sulfide) groups is 1. The minimum absolute atomic E-state index is 0.0301. The Morgan fingerprint density at radius 2 is 1.96 bits per heavy atom. The number of fused-ring (bicyclic) bond motifs is 1. The minimum atomic E-state index is -0.390. The average Bonchev–Trinajstić information content (AvgIpc) is 2.83. The van der Waals surface area contributed by atoms with E-state index >= 15 is 0 Å². The van der Waals surface area contributed by atoms with Crippen molar-refractivity contribution in [2.45, 2.75) is 34.1 Å². The van der Waals surface area contributed by atoms with Crippen LogP contribution in [0.1, 0.15) is 39.7 Å². The Balaban J connectivity index is 1.80. The van der Waals surface area contributed by atoms with Crippen molar-refractivity contribution in [2.75, 3.05) is 18.4 Å². The predicted molar refractivity (Wildman–Crippen MR) is 98.3 cm³/mol. The molecule has 23 heavy (non-hydrogen) atoms. The Bertz CT molecular complexity index is 683. The molecule has 0 aromatic heterocycles. The van der Waals surface area contributed by atoms with Crippen molar-refractivity contribution in [3.63, 3.8) is 0 Å². The molecule has 0 atom stereocenters. The maximum Gasteiger partial charge on any atom is 0.229 e. The number of rotatable bonds is 2. The molecule has 1 aromatic carbocycles. The Labute approximate surface area is 142 Å². The first-order chi connectivity index (χ1) is 10.9. The van der Waals surface area contributed by atoms with Gasteiger partial charge in [0.15, 0.2) is 5.17 Å². The molecule has 1 amide bonds. The van der Waals surface area contributed by atoms with Crippen LogP contribution in [-0.2, 0) is 4.79 Å². The van der Waals surface area contributed by atoms with Crippen LogP contribution in [0.3, 0.4) is 0 Å². The summed E-state index contributed by atoms with van der Waals surface area (Å²) in [5, 5.41) is 4.09. The van der Waals surface area contributed by atoms with Gasteiger partial charge in [0.1, 0.15) is 0 Å². The van der Waals surface area contributed by atoms with E-state index in [-0.39, 0.29) is 11.3 Å². The van der Waals surface area contributed by atoms with Crippen molar-refractivity contribution >= 4 is 34.2 Å². The molecular formula is C18H23N3OS. The van der Waals surface area contributed by atoms with Gasteiger partial charge in [-0.2, -0.15) is 0 Å². The van der Waals surface area contributed by atoms with Crippen molar-refractivity contribution in [3.8, 4) is 0 Å². The Morgan fingerprint density at radius 1 is 1.26 bits per heavy atom. The summed E-state index contributed by atoms with van der Waals surface area (Å²) in [4.78, 5) is 20.3. The second-order valence-corrected chi connectivity index (χ2v) is 8.14. The standard InChI is InChI=1S/C18H23N3OS/c1-12-15(21-11-5-10-19-17(21)23-12)13-6-8-14(9-7-13)20-16(22)18(2,3)4/h6-9H,5,10-11H2,1-4H3,(H,20,22). The topological polar surface area (TPSA) is 44.7 Å². The maximum absolute atomic E-state index is 12.1. The largest absolute Gasteiger partial charge is 0.326 e. The number of amidine groups is 1. The van der Waals surface area contributed by atoms with Crippen molar-refractivity contribution in [2.24, 2.45) is 10.4 Å². The van der Waals surface area contributed by atoms with E-state index in [0.29, 0.717) is 0 Å². The lowest BCUT2D eigenvalue weighted by Crippen LogP contribution is -2.29. The van der Waals surface area contributed by atoms with Gasteiger partial charge < -0.3 is 10.2 Å². The number of aliphatic imine (C=N–C) groups is 1. The van der Waals surface area contributed by atoms with E-state index in [1.54, 1.807) is 11.8 Å². The number of carbonyl (C=O) groups is 1.